The zero-order valence-electron chi connectivity index (χ0n) is 12.6. The van der Waals surface area contributed by atoms with Gasteiger partial charge in [-0.2, -0.15) is 0 Å². The van der Waals surface area contributed by atoms with Gasteiger partial charge in [-0.05, 0) is 37.9 Å². The van der Waals surface area contributed by atoms with Gasteiger partial charge in [-0.15, -0.1) is 0 Å². The molecule has 1 aliphatic rings. The summed E-state index contributed by atoms with van der Waals surface area (Å²) in [6, 6.07) is 3.75. The molecular weight excluding hydrogens is 272 g/mol. The van der Waals surface area contributed by atoms with Gasteiger partial charge in [-0.25, -0.2) is 8.78 Å². The predicted molar refractivity (Wildman–Crippen MR) is 79.4 cm³/mol. The average molecular weight is 295 g/mol. The summed E-state index contributed by atoms with van der Waals surface area (Å²) in [5.41, 5.74) is -0.138. The van der Waals surface area contributed by atoms with E-state index in [9.17, 15) is 13.6 Å². The quantitative estimate of drug-likeness (QED) is 0.738. The van der Waals surface area contributed by atoms with Gasteiger partial charge in [0.05, 0.1) is 5.56 Å². The largest absolute Gasteiger partial charge is 0.306 e. The number of hydrogen-bond donors (Lipinski definition) is 0. The van der Waals surface area contributed by atoms with E-state index in [4.69, 9.17) is 0 Å². The molecule has 1 saturated carbocycles. The molecule has 0 atom stereocenters. The number of nitrogens with zero attached hydrogens (tertiary/aromatic N) is 1. The highest BCUT2D eigenvalue weighted by Crippen LogP contribution is 2.24. The zero-order valence-corrected chi connectivity index (χ0v) is 12.6. The van der Waals surface area contributed by atoms with E-state index in [1.54, 1.807) is 0 Å². The first-order valence-corrected chi connectivity index (χ1v) is 7.73. The van der Waals surface area contributed by atoms with Gasteiger partial charge < -0.3 is 4.90 Å². The van der Waals surface area contributed by atoms with Crippen molar-refractivity contribution in [3.63, 3.8) is 0 Å². The number of benzene rings is 1. The van der Waals surface area contributed by atoms with Crippen LogP contribution < -0.4 is 0 Å². The molecule has 0 aromatic heterocycles. The molecule has 0 saturated heterocycles. The Balaban J connectivity index is 1.81. The van der Waals surface area contributed by atoms with Crippen LogP contribution in [-0.4, -0.2) is 30.8 Å². The third-order valence-corrected chi connectivity index (χ3v) is 4.27. The number of hydrogen-bond acceptors (Lipinski definition) is 2. The Morgan fingerprint density at radius 2 is 1.95 bits per heavy atom. The van der Waals surface area contributed by atoms with Crippen LogP contribution in [0.4, 0.5) is 8.78 Å². The van der Waals surface area contributed by atoms with Crippen molar-refractivity contribution in [2.75, 3.05) is 20.1 Å². The maximum Gasteiger partial charge on any atom is 0.169 e. The van der Waals surface area contributed by atoms with Gasteiger partial charge in [0, 0.05) is 19.5 Å². The molecular formula is C17H23F2NO. The summed E-state index contributed by atoms with van der Waals surface area (Å²) in [5.74, 6) is -1.61. The van der Waals surface area contributed by atoms with Crippen molar-refractivity contribution in [2.45, 2.75) is 38.5 Å². The predicted octanol–water partition coefficient (Wildman–Crippen LogP) is 4.05. The van der Waals surface area contributed by atoms with Crippen LogP contribution in [0.15, 0.2) is 18.2 Å². The molecule has 1 fully saturated rings. The van der Waals surface area contributed by atoms with Crippen LogP contribution >= 0.6 is 0 Å². The molecule has 0 amide bonds. The molecule has 0 unspecified atom stereocenters. The second kappa shape index (κ2) is 7.64. The highest BCUT2D eigenvalue weighted by Gasteiger charge is 2.18. The molecule has 0 spiro atoms. The molecule has 1 aliphatic carbocycles. The van der Waals surface area contributed by atoms with E-state index in [-0.39, 0.29) is 17.8 Å². The third-order valence-electron chi connectivity index (χ3n) is 4.27. The first-order valence-electron chi connectivity index (χ1n) is 7.73. The summed E-state index contributed by atoms with van der Waals surface area (Å²) in [7, 11) is 1.99. The Labute approximate surface area is 125 Å². The molecule has 0 aliphatic heterocycles. The lowest BCUT2D eigenvalue weighted by Gasteiger charge is -2.26. The van der Waals surface area contributed by atoms with E-state index < -0.39 is 11.6 Å². The number of carbonyl (C=O) groups excluding carboxylic acids is 1. The Hall–Kier alpha value is -1.29. The van der Waals surface area contributed by atoms with Crippen LogP contribution in [0.2, 0.25) is 0 Å². The molecule has 0 radical (unpaired) electrons. The Bertz CT molecular complexity index is 484. The standard InChI is InChI=1S/C17H23F2NO/c1-20(12-13-6-3-2-4-7-13)11-10-16(21)14-8-5-9-15(18)17(14)19/h5,8-9,13H,2-4,6-7,10-12H2,1H3. The third kappa shape index (κ3) is 4.60. The van der Waals surface area contributed by atoms with Crippen LogP contribution in [0.5, 0.6) is 0 Å². The van der Waals surface area contributed by atoms with Crippen LogP contribution in [0, 0.1) is 17.6 Å². The van der Waals surface area contributed by atoms with E-state index in [1.165, 1.54) is 44.2 Å². The van der Waals surface area contributed by atoms with Crippen molar-refractivity contribution in [3.8, 4) is 0 Å². The first-order chi connectivity index (χ1) is 10.1. The molecule has 2 rings (SSSR count). The summed E-state index contributed by atoms with van der Waals surface area (Å²) in [5, 5.41) is 0. The number of Topliss-reactive ketones (excluding diaryl/α,β-unsaturated/α-hetero) is 1. The molecule has 116 valence electrons. The maximum atomic E-state index is 13.5. The summed E-state index contributed by atoms with van der Waals surface area (Å²) in [4.78, 5) is 14.1. The number of rotatable bonds is 6. The molecule has 2 nitrogen and oxygen atoms in total. The maximum absolute atomic E-state index is 13.5. The molecule has 21 heavy (non-hydrogen) atoms. The minimum Gasteiger partial charge on any atom is -0.306 e. The van der Waals surface area contributed by atoms with Crippen molar-refractivity contribution < 1.29 is 13.6 Å². The lowest BCUT2D eigenvalue weighted by molar-refractivity contribution is 0.0959. The highest BCUT2D eigenvalue weighted by molar-refractivity contribution is 5.96. The van der Waals surface area contributed by atoms with Gasteiger partial charge in [-0.3, -0.25) is 4.79 Å². The summed E-state index contributed by atoms with van der Waals surface area (Å²) >= 11 is 0. The summed E-state index contributed by atoms with van der Waals surface area (Å²) in [6.07, 6.45) is 6.67. The van der Waals surface area contributed by atoms with Crippen molar-refractivity contribution >= 4 is 5.78 Å². The first kappa shape index (κ1) is 16.1. The second-order valence-corrected chi connectivity index (χ2v) is 6.04. The van der Waals surface area contributed by atoms with Crippen molar-refractivity contribution in [3.05, 3.63) is 35.4 Å². The number of carbonyl (C=O) groups is 1. The smallest absolute Gasteiger partial charge is 0.169 e. The SMILES string of the molecule is CN(CCC(=O)c1cccc(F)c1F)CC1CCCCC1. The fourth-order valence-electron chi connectivity index (χ4n) is 3.05. The molecule has 4 heteroatoms. The minimum absolute atomic E-state index is 0.138. The van der Waals surface area contributed by atoms with Crippen LogP contribution in [0.25, 0.3) is 0 Å². The van der Waals surface area contributed by atoms with E-state index in [1.807, 2.05) is 7.05 Å². The Morgan fingerprint density at radius 3 is 2.67 bits per heavy atom. The van der Waals surface area contributed by atoms with Crippen LogP contribution in [0.1, 0.15) is 48.9 Å². The van der Waals surface area contributed by atoms with Crippen LogP contribution in [-0.2, 0) is 0 Å². The molecule has 1 aromatic carbocycles. The van der Waals surface area contributed by atoms with E-state index in [2.05, 4.69) is 4.90 Å². The van der Waals surface area contributed by atoms with E-state index in [0.29, 0.717) is 12.5 Å². The van der Waals surface area contributed by atoms with Gasteiger partial charge in [0.1, 0.15) is 0 Å². The van der Waals surface area contributed by atoms with Gasteiger partial charge in [0.2, 0.25) is 0 Å². The lowest BCUT2D eigenvalue weighted by Crippen LogP contribution is -2.29. The molecule has 1 aromatic rings. The van der Waals surface area contributed by atoms with Crippen molar-refractivity contribution in [1.29, 1.82) is 0 Å². The normalized spacial score (nSPS) is 16.4. The number of ketones is 1. The Kier molecular flexibility index (Phi) is 5.85. The van der Waals surface area contributed by atoms with Gasteiger partial charge in [0.25, 0.3) is 0 Å². The lowest BCUT2D eigenvalue weighted by atomic mass is 9.89. The Morgan fingerprint density at radius 1 is 1.24 bits per heavy atom. The van der Waals surface area contributed by atoms with Crippen LogP contribution in [0.3, 0.4) is 0 Å². The fraction of sp³-hybridized carbons (Fsp3) is 0.588. The minimum atomic E-state index is -1.03. The second-order valence-electron chi connectivity index (χ2n) is 6.04. The van der Waals surface area contributed by atoms with E-state index >= 15 is 0 Å². The topological polar surface area (TPSA) is 20.3 Å². The highest BCUT2D eigenvalue weighted by atomic mass is 19.2. The number of halogens is 2. The molecule has 0 N–H and O–H groups in total. The van der Waals surface area contributed by atoms with Gasteiger partial charge in [0.15, 0.2) is 17.4 Å². The zero-order chi connectivity index (χ0) is 15.2. The average Bonchev–Trinajstić information content (AvgIpc) is 2.48. The summed E-state index contributed by atoms with van der Waals surface area (Å²) in [6.45, 7) is 1.57. The van der Waals surface area contributed by atoms with Crippen molar-refractivity contribution in [2.24, 2.45) is 5.92 Å². The summed E-state index contributed by atoms with van der Waals surface area (Å²) < 4.78 is 26.6. The van der Waals surface area contributed by atoms with Gasteiger partial charge >= 0.3 is 0 Å². The van der Waals surface area contributed by atoms with Crippen molar-refractivity contribution in [1.82, 2.24) is 4.90 Å². The van der Waals surface area contributed by atoms with E-state index in [0.717, 1.165) is 12.6 Å². The van der Waals surface area contributed by atoms with Gasteiger partial charge in [-0.1, -0.05) is 25.3 Å². The molecule has 0 heterocycles. The monoisotopic (exact) mass is 295 g/mol. The fourth-order valence-corrected chi connectivity index (χ4v) is 3.05. The molecule has 0 bridgehead atoms.